The summed E-state index contributed by atoms with van der Waals surface area (Å²) in [5.41, 5.74) is 1.31. The van der Waals surface area contributed by atoms with Crippen LogP contribution in [0.2, 0.25) is 0 Å². The number of rotatable bonds is 2. The quantitative estimate of drug-likeness (QED) is 0.787. The van der Waals surface area contributed by atoms with Gasteiger partial charge in [0, 0.05) is 12.6 Å². The Bertz CT molecular complexity index is 598. The number of fused-ring (bicyclic) bond motifs is 1. The molecule has 0 saturated carbocycles. The van der Waals surface area contributed by atoms with Crippen LogP contribution in [-0.4, -0.2) is 35.0 Å². The van der Waals surface area contributed by atoms with E-state index in [9.17, 15) is 9.18 Å². The number of imidazole rings is 1. The summed E-state index contributed by atoms with van der Waals surface area (Å²) in [6, 6.07) is 2.66. The zero-order valence-corrected chi connectivity index (χ0v) is 12.1. The molecule has 8 heteroatoms. The molecule has 3 N–H and O–H groups in total. The average molecular weight is 321 g/mol. The van der Waals surface area contributed by atoms with Crippen molar-refractivity contribution >= 4 is 41.8 Å². The molecule has 1 saturated heterocycles. The van der Waals surface area contributed by atoms with E-state index in [-0.39, 0.29) is 42.3 Å². The number of hydrogen-bond donors (Lipinski definition) is 3. The first-order valence-corrected chi connectivity index (χ1v) is 5.88. The molecule has 1 aromatic carbocycles. The molecule has 5 nitrogen and oxygen atoms in total. The van der Waals surface area contributed by atoms with Crippen molar-refractivity contribution < 1.29 is 9.18 Å². The smallest absolute Gasteiger partial charge is 0.253 e. The van der Waals surface area contributed by atoms with Gasteiger partial charge in [0.05, 0.1) is 17.4 Å². The van der Waals surface area contributed by atoms with E-state index in [0.29, 0.717) is 11.0 Å². The second kappa shape index (κ2) is 6.88. The first-order chi connectivity index (χ1) is 8.74. The zero-order valence-electron chi connectivity index (χ0n) is 10.5. The molecule has 1 aliphatic heterocycles. The molecule has 0 bridgehead atoms. The van der Waals surface area contributed by atoms with Crippen molar-refractivity contribution in [2.75, 3.05) is 13.1 Å². The Morgan fingerprint density at radius 1 is 1.40 bits per heavy atom. The lowest BCUT2D eigenvalue weighted by atomic mass is 10.1. The summed E-state index contributed by atoms with van der Waals surface area (Å²) in [5, 5.41) is 6.04. The minimum atomic E-state index is -0.443. The molecule has 2 heterocycles. The van der Waals surface area contributed by atoms with E-state index in [2.05, 4.69) is 20.6 Å². The molecule has 0 spiro atoms. The predicted octanol–water partition coefficient (Wildman–Crippen LogP) is 1.64. The lowest BCUT2D eigenvalue weighted by Crippen LogP contribution is -2.36. The topological polar surface area (TPSA) is 69.8 Å². The second-order valence-electron chi connectivity index (χ2n) is 4.42. The molecule has 1 fully saturated rings. The Hall–Kier alpha value is -1.37. The Morgan fingerprint density at radius 2 is 2.20 bits per heavy atom. The van der Waals surface area contributed by atoms with E-state index in [0.717, 1.165) is 19.5 Å². The summed E-state index contributed by atoms with van der Waals surface area (Å²) in [7, 11) is 0. The molecule has 1 aromatic heterocycles. The maximum Gasteiger partial charge on any atom is 0.253 e. The van der Waals surface area contributed by atoms with Crippen molar-refractivity contribution in [3.05, 3.63) is 29.8 Å². The van der Waals surface area contributed by atoms with Gasteiger partial charge < -0.3 is 15.6 Å². The molecule has 1 atom stereocenters. The Balaban J connectivity index is 0.000001000. The third-order valence-electron chi connectivity index (χ3n) is 3.13. The number of carbonyl (C=O) groups is 1. The van der Waals surface area contributed by atoms with Crippen molar-refractivity contribution in [1.82, 2.24) is 20.6 Å². The normalized spacial score (nSPS) is 17.4. The molecule has 3 rings (SSSR count). The van der Waals surface area contributed by atoms with Gasteiger partial charge in [0.25, 0.3) is 5.91 Å². The molecule has 110 valence electrons. The highest BCUT2D eigenvalue weighted by atomic mass is 35.5. The highest BCUT2D eigenvalue weighted by Gasteiger charge is 2.20. The molecule has 1 amide bonds. The molecule has 2 aromatic rings. The van der Waals surface area contributed by atoms with E-state index in [1.54, 1.807) is 0 Å². The van der Waals surface area contributed by atoms with E-state index >= 15 is 0 Å². The first-order valence-electron chi connectivity index (χ1n) is 5.88. The number of H-pyrrole nitrogens is 1. The Kier molecular flexibility index (Phi) is 5.74. The minimum absolute atomic E-state index is 0. The summed E-state index contributed by atoms with van der Waals surface area (Å²) in [5.74, 6) is -0.721. The van der Waals surface area contributed by atoms with Crippen molar-refractivity contribution in [3.63, 3.8) is 0 Å². The summed E-state index contributed by atoms with van der Waals surface area (Å²) in [4.78, 5) is 19.0. The van der Waals surface area contributed by atoms with Crippen LogP contribution in [0.3, 0.4) is 0 Å². The largest absolute Gasteiger partial charge is 0.348 e. The fraction of sp³-hybridized carbons (Fsp3) is 0.333. The van der Waals surface area contributed by atoms with E-state index in [1.807, 2.05) is 0 Å². The standard InChI is InChI=1S/C12H13FN4O.2ClH/c13-7-3-9(11-10(4-7)15-6-16-11)12(18)17-8-1-2-14-5-8;;/h3-4,6,8,14H,1-2,5H2,(H,15,16)(H,17,18);2*1H. The Labute approximate surface area is 127 Å². The molecule has 0 radical (unpaired) electrons. The number of nitrogens with one attached hydrogen (secondary N) is 3. The van der Waals surface area contributed by atoms with Crippen LogP contribution >= 0.6 is 24.8 Å². The van der Waals surface area contributed by atoms with Crippen molar-refractivity contribution in [1.29, 1.82) is 0 Å². The molecule has 0 aliphatic carbocycles. The van der Waals surface area contributed by atoms with Gasteiger partial charge in [-0.25, -0.2) is 9.37 Å². The van der Waals surface area contributed by atoms with Gasteiger partial charge in [0.15, 0.2) is 0 Å². The van der Waals surface area contributed by atoms with Gasteiger partial charge in [0.2, 0.25) is 0 Å². The highest BCUT2D eigenvalue weighted by molar-refractivity contribution is 6.04. The number of carbonyl (C=O) groups excluding carboxylic acids is 1. The van der Waals surface area contributed by atoms with Gasteiger partial charge >= 0.3 is 0 Å². The summed E-state index contributed by atoms with van der Waals surface area (Å²) < 4.78 is 13.4. The predicted molar refractivity (Wildman–Crippen MR) is 79.3 cm³/mol. The second-order valence-corrected chi connectivity index (χ2v) is 4.42. The number of aromatic amines is 1. The van der Waals surface area contributed by atoms with E-state index in [4.69, 9.17) is 0 Å². The van der Waals surface area contributed by atoms with Crippen LogP contribution in [0.5, 0.6) is 0 Å². The first kappa shape index (κ1) is 16.7. The summed E-state index contributed by atoms with van der Waals surface area (Å²) >= 11 is 0. The molecular formula is C12H15Cl2FN4O. The number of nitrogens with zero attached hydrogens (tertiary/aromatic N) is 1. The number of aromatic nitrogens is 2. The monoisotopic (exact) mass is 320 g/mol. The number of halogens is 3. The van der Waals surface area contributed by atoms with Crippen LogP contribution in [0.4, 0.5) is 4.39 Å². The molecular weight excluding hydrogens is 306 g/mol. The van der Waals surface area contributed by atoms with Crippen molar-refractivity contribution in [2.45, 2.75) is 12.5 Å². The van der Waals surface area contributed by atoms with Crippen LogP contribution in [0.25, 0.3) is 11.0 Å². The van der Waals surface area contributed by atoms with Crippen LogP contribution in [0.15, 0.2) is 18.5 Å². The van der Waals surface area contributed by atoms with Crippen molar-refractivity contribution in [3.8, 4) is 0 Å². The van der Waals surface area contributed by atoms with Crippen molar-refractivity contribution in [2.24, 2.45) is 0 Å². The SMILES string of the molecule is Cl.Cl.O=C(NC1CCNC1)c1cc(F)cc2[nH]cnc12. The minimum Gasteiger partial charge on any atom is -0.348 e. The number of amides is 1. The Morgan fingerprint density at radius 3 is 2.90 bits per heavy atom. The third-order valence-corrected chi connectivity index (χ3v) is 3.13. The molecule has 1 unspecified atom stereocenters. The van der Waals surface area contributed by atoms with Gasteiger partial charge in [-0.3, -0.25) is 4.79 Å². The fourth-order valence-corrected chi connectivity index (χ4v) is 2.23. The van der Waals surface area contributed by atoms with Gasteiger partial charge in [-0.1, -0.05) is 0 Å². The van der Waals surface area contributed by atoms with Crippen LogP contribution in [0.1, 0.15) is 16.8 Å². The number of hydrogen-bond acceptors (Lipinski definition) is 3. The average Bonchev–Trinajstić information content (AvgIpc) is 2.97. The summed E-state index contributed by atoms with van der Waals surface area (Å²) in [6.45, 7) is 1.65. The maximum atomic E-state index is 13.4. The lowest BCUT2D eigenvalue weighted by molar-refractivity contribution is 0.0941. The van der Waals surface area contributed by atoms with Crippen LogP contribution in [-0.2, 0) is 0 Å². The van der Waals surface area contributed by atoms with E-state index < -0.39 is 5.82 Å². The lowest BCUT2D eigenvalue weighted by Gasteiger charge is -2.11. The van der Waals surface area contributed by atoms with E-state index in [1.165, 1.54) is 18.5 Å². The van der Waals surface area contributed by atoms with Gasteiger partial charge in [-0.15, -0.1) is 24.8 Å². The molecule has 1 aliphatic rings. The van der Waals surface area contributed by atoms with Crippen LogP contribution in [0, 0.1) is 5.82 Å². The maximum absolute atomic E-state index is 13.4. The van der Waals surface area contributed by atoms with Crippen LogP contribution < -0.4 is 10.6 Å². The molecule has 20 heavy (non-hydrogen) atoms. The van der Waals surface area contributed by atoms with Gasteiger partial charge in [-0.05, 0) is 25.1 Å². The zero-order chi connectivity index (χ0) is 12.5. The number of benzene rings is 1. The van der Waals surface area contributed by atoms with Gasteiger partial charge in [0.1, 0.15) is 11.3 Å². The highest BCUT2D eigenvalue weighted by Crippen LogP contribution is 2.17. The fourth-order valence-electron chi connectivity index (χ4n) is 2.23. The summed E-state index contributed by atoms with van der Waals surface area (Å²) in [6.07, 6.45) is 2.35. The van der Waals surface area contributed by atoms with Gasteiger partial charge in [-0.2, -0.15) is 0 Å². The third kappa shape index (κ3) is 3.20.